The van der Waals surface area contributed by atoms with E-state index in [-0.39, 0.29) is 29.8 Å². The van der Waals surface area contributed by atoms with Crippen LogP contribution in [0.5, 0.6) is 11.5 Å². The summed E-state index contributed by atoms with van der Waals surface area (Å²) < 4.78 is 5.18. The van der Waals surface area contributed by atoms with Crippen molar-refractivity contribution in [3.8, 4) is 11.5 Å². The predicted molar refractivity (Wildman–Crippen MR) is 112 cm³/mol. The molecule has 1 saturated carbocycles. The van der Waals surface area contributed by atoms with Crippen molar-refractivity contribution < 1.29 is 19.4 Å². The lowest BCUT2D eigenvalue weighted by molar-refractivity contribution is -0.132. The molecule has 0 unspecified atom stereocenters. The Morgan fingerprint density at radius 3 is 2.90 bits per heavy atom. The molecule has 0 bridgehead atoms. The van der Waals surface area contributed by atoms with Crippen LogP contribution in [0.3, 0.4) is 0 Å². The van der Waals surface area contributed by atoms with Crippen LogP contribution >= 0.6 is 11.8 Å². The number of thioether (sulfide) groups is 1. The zero-order valence-electron chi connectivity index (χ0n) is 16.7. The average Bonchev–Trinajstić information content (AvgIpc) is 3.38. The molecule has 0 aromatic heterocycles. The molecule has 3 N–H and O–H groups in total. The van der Waals surface area contributed by atoms with Crippen LogP contribution in [0.4, 0.5) is 4.79 Å². The number of aromatic hydroxyl groups is 1. The molecule has 3 atom stereocenters. The number of benzene rings is 1. The summed E-state index contributed by atoms with van der Waals surface area (Å²) in [6.07, 6.45) is 5.43. The minimum Gasteiger partial charge on any atom is -0.504 e. The zero-order valence-corrected chi connectivity index (χ0v) is 17.5. The van der Waals surface area contributed by atoms with Crippen LogP contribution in [-0.4, -0.2) is 58.2 Å². The van der Waals surface area contributed by atoms with Crippen LogP contribution in [0, 0.1) is 0 Å². The summed E-state index contributed by atoms with van der Waals surface area (Å²) in [6.45, 7) is 0.423. The van der Waals surface area contributed by atoms with E-state index >= 15 is 0 Å². The van der Waals surface area contributed by atoms with Crippen molar-refractivity contribution >= 4 is 23.7 Å². The van der Waals surface area contributed by atoms with Crippen LogP contribution in [-0.2, 0) is 11.3 Å². The van der Waals surface area contributed by atoms with E-state index in [1.54, 1.807) is 6.07 Å². The number of phenols is 1. The highest BCUT2D eigenvalue weighted by molar-refractivity contribution is 8.00. The van der Waals surface area contributed by atoms with Crippen LogP contribution in [0.2, 0.25) is 0 Å². The molecule has 3 amide bonds. The second-order valence-corrected chi connectivity index (χ2v) is 9.36. The largest absolute Gasteiger partial charge is 0.504 e. The highest BCUT2D eigenvalue weighted by Gasteiger charge is 2.42. The first-order valence-corrected chi connectivity index (χ1v) is 11.4. The summed E-state index contributed by atoms with van der Waals surface area (Å²) in [5, 5.41) is 16.8. The number of rotatable bonds is 9. The number of hydrogen-bond donors (Lipinski definition) is 3. The molecule has 2 aliphatic heterocycles. The fourth-order valence-corrected chi connectivity index (χ4v) is 5.80. The van der Waals surface area contributed by atoms with Crippen molar-refractivity contribution in [3.63, 3.8) is 0 Å². The average molecular weight is 420 g/mol. The lowest BCUT2D eigenvalue weighted by atomic mass is 10.0. The molecular weight excluding hydrogens is 390 g/mol. The number of carbonyl (C=O) groups is 2. The van der Waals surface area contributed by atoms with E-state index in [1.807, 2.05) is 28.8 Å². The van der Waals surface area contributed by atoms with Gasteiger partial charge in [0.05, 0.1) is 19.2 Å². The molecule has 3 aliphatic rings. The predicted octanol–water partition coefficient (Wildman–Crippen LogP) is 2.62. The summed E-state index contributed by atoms with van der Waals surface area (Å²) in [6, 6.07) is 6.11. The molecular formula is C21H29N3O4S. The van der Waals surface area contributed by atoms with E-state index in [4.69, 9.17) is 4.74 Å². The number of para-hydroxylation sites is 1. The molecule has 2 heterocycles. The summed E-state index contributed by atoms with van der Waals surface area (Å²) >= 11 is 1.91. The topological polar surface area (TPSA) is 90.9 Å². The van der Waals surface area contributed by atoms with Crippen molar-refractivity contribution in [2.45, 2.75) is 68.4 Å². The Morgan fingerprint density at radius 2 is 2.14 bits per heavy atom. The normalized spacial score (nSPS) is 25.3. The third-order valence-electron chi connectivity index (χ3n) is 6.02. The highest BCUT2D eigenvalue weighted by Crippen LogP contribution is 2.35. The maximum absolute atomic E-state index is 12.9. The second kappa shape index (κ2) is 8.73. The molecule has 4 rings (SSSR count). The molecule has 3 fully saturated rings. The fraction of sp³-hybridized carbons (Fsp3) is 0.619. The summed E-state index contributed by atoms with van der Waals surface area (Å²) in [5.74, 6) is 1.68. The SMILES string of the molecule is COc1cccc(CN(C(=O)CCCC[C@@H]2SC[C@@H]3NC(=O)N[C@@H]32)C2CC2)c1O. The zero-order chi connectivity index (χ0) is 20.4. The van der Waals surface area contributed by atoms with Crippen LogP contribution in [0.15, 0.2) is 18.2 Å². The molecule has 1 aliphatic carbocycles. The number of ether oxygens (including phenoxy) is 1. The van der Waals surface area contributed by atoms with Gasteiger partial charge in [0, 0.05) is 35.6 Å². The van der Waals surface area contributed by atoms with Gasteiger partial charge in [0.1, 0.15) is 0 Å². The van der Waals surface area contributed by atoms with Crippen molar-refractivity contribution in [2.24, 2.45) is 0 Å². The number of nitrogens with one attached hydrogen (secondary N) is 2. The van der Waals surface area contributed by atoms with Crippen LogP contribution in [0.1, 0.15) is 44.1 Å². The van der Waals surface area contributed by atoms with Gasteiger partial charge in [0.2, 0.25) is 5.91 Å². The number of hydrogen-bond acceptors (Lipinski definition) is 5. The lowest BCUT2D eigenvalue weighted by Gasteiger charge is -2.24. The maximum Gasteiger partial charge on any atom is 0.315 e. The number of amides is 3. The molecule has 1 aromatic rings. The van der Waals surface area contributed by atoms with Crippen molar-refractivity contribution in [1.29, 1.82) is 0 Å². The number of urea groups is 1. The van der Waals surface area contributed by atoms with Gasteiger partial charge in [-0.25, -0.2) is 4.79 Å². The molecule has 29 heavy (non-hydrogen) atoms. The van der Waals surface area contributed by atoms with Crippen molar-refractivity contribution in [3.05, 3.63) is 23.8 Å². The number of phenolic OH excluding ortho intramolecular Hbond substituents is 1. The van der Waals surface area contributed by atoms with Crippen LogP contribution < -0.4 is 15.4 Å². The first-order valence-electron chi connectivity index (χ1n) is 10.4. The Morgan fingerprint density at radius 1 is 1.31 bits per heavy atom. The number of carbonyl (C=O) groups excluding carboxylic acids is 2. The second-order valence-electron chi connectivity index (χ2n) is 8.09. The van der Waals surface area contributed by atoms with E-state index < -0.39 is 0 Å². The molecule has 1 aromatic carbocycles. The molecule has 2 saturated heterocycles. The Hall–Kier alpha value is -2.09. The fourth-order valence-electron chi connectivity index (χ4n) is 4.26. The van der Waals surface area contributed by atoms with Gasteiger partial charge in [-0.2, -0.15) is 11.8 Å². The lowest BCUT2D eigenvalue weighted by Crippen LogP contribution is -2.36. The van der Waals surface area contributed by atoms with Gasteiger partial charge in [-0.3, -0.25) is 4.79 Å². The minimum atomic E-state index is -0.0543. The number of unbranched alkanes of at least 4 members (excludes halogenated alkanes) is 1. The standard InChI is InChI=1S/C21H29N3O4S/c1-28-16-6-4-5-13(20(16)26)11-24(14-9-10-14)18(25)8-3-2-7-17-19-15(12-29-17)22-21(27)23-19/h4-6,14-15,17,19,26H,2-3,7-12H2,1H3,(H2,22,23,27)/t15-,17-,19-/m0/s1. The number of fused-ring (bicyclic) bond motifs is 1. The van der Waals surface area contributed by atoms with Crippen molar-refractivity contribution in [2.75, 3.05) is 12.9 Å². The van der Waals surface area contributed by atoms with Gasteiger partial charge >= 0.3 is 6.03 Å². The van der Waals surface area contributed by atoms with Crippen molar-refractivity contribution in [1.82, 2.24) is 15.5 Å². The van der Waals surface area contributed by atoms with Gasteiger partial charge in [0.25, 0.3) is 0 Å². The summed E-state index contributed by atoms with van der Waals surface area (Å²) in [7, 11) is 1.53. The van der Waals surface area contributed by atoms with Gasteiger partial charge in [-0.05, 0) is 31.7 Å². The van der Waals surface area contributed by atoms with Gasteiger partial charge < -0.3 is 25.4 Å². The Kier molecular flexibility index (Phi) is 6.08. The van der Waals surface area contributed by atoms with Gasteiger partial charge in [-0.1, -0.05) is 18.6 Å². The molecule has 7 nitrogen and oxygen atoms in total. The van der Waals surface area contributed by atoms with Gasteiger partial charge in [-0.15, -0.1) is 0 Å². The summed E-state index contributed by atoms with van der Waals surface area (Å²) in [4.78, 5) is 26.2. The highest BCUT2D eigenvalue weighted by atomic mass is 32.2. The monoisotopic (exact) mass is 419 g/mol. The third kappa shape index (κ3) is 4.57. The Balaban J connectivity index is 1.26. The first kappa shape index (κ1) is 20.2. The van der Waals surface area contributed by atoms with Gasteiger partial charge in [0.15, 0.2) is 11.5 Å². The first-order chi connectivity index (χ1) is 14.1. The van der Waals surface area contributed by atoms with E-state index in [1.165, 1.54) is 7.11 Å². The number of methoxy groups -OCH3 is 1. The third-order valence-corrected chi connectivity index (χ3v) is 7.53. The molecule has 0 spiro atoms. The van der Waals surface area contributed by atoms with Crippen LogP contribution in [0.25, 0.3) is 0 Å². The van der Waals surface area contributed by atoms with E-state index in [0.717, 1.165) is 43.4 Å². The van der Waals surface area contributed by atoms with E-state index in [2.05, 4.69) is 10.6 Å². The molecule has 8 heteroatoms. The minimum absolute atomic E-state index is 0.0543. The smallest absolute Gasteiger partial charge is 0.315 e. The molecule has 158 valence electrons. The maximum atomic E-state index is 12.9. The quantitative estimate of drug-likeness (QED) is 0.423. The molecule has 0 radical (unpaired) electrons. The number of nitrogens with zero attached hydrogens (tertiary/aromatic N) is 1. The Bertz CT molecular complexity index is 770. The summed E-state index contributed by atoms with van der Waals surface area (Å²) in [5.41, 5.74) is 0.725. The Labute approximate surface area is 175 Å². The van der Waals surface area contributed by atoms with E-state index in [0.29, 0.717) is 30.0 Å². The van der Waals surface area contributed by atoms with E-state index in [9.17, 15) is 14.7 Å².